The van der Waals surface area contributed by atoms with Crippen molar-refractivity contribution in [2.45, 2.75) is 18.7 Å². The third-order valence-corrected chi connectivity index (χ3v) is 6.56. The Morgan fingerprint density at radius 1 is 1.32 bits per heavy atom. The first kappa shape index (κ1) is 17.7. The van der Waals surface area contributed by atoms with E-state index in [-0.39, 0.29) is 14.9 Å². The Morgan fingerprint density at radius 2 is 1.82 bits per heavy atom. The van der Waals surface area contributed by atoms with E-state index in [2.05, 4.69) is 21.0 Å². The summed E-state index contributed by atoms with van der Waals surface area (Å²) in [6.07, 6.45) is 0. The molecule has 5 nitrogen and oxygen atoms in total. The summed E-state index contributed by atoms with van der Waals surface area (Å²) in [6.45, 7) is 3.60. The molecule has 1 atom stereocenters. The van der Waals surface area contributed by atoms with Gasteiger partial charge < -0.3 is 0 Å². The summed E-state index contributed by atoms with van der Waals surface area (Å²) in [6, 6.07) is 3.07. The topological polar surface area (TPSA) is 58.4 Å². The largest absolute Gasteiger partial charge is 0.351 e. The van der Waals surface area contributed by atoms with Gasteiger partial charge in [-0.1, -0.05) is 39.1 Å². The van der Waals surface area contributed by atoms with Crippen LogP contribution in [-0.2, 0) is 21.7 Å². The summed E-state index contributed by atoms with van der Waals surface area (Å²) >= 11 is 15.5. The maximum absolute atomic E-state index is 13.0. The summed E-state index contributed by atoms with van der Waals surface area (Å²) in [5, 5.41) is 4.51. The Kier molecular flexibility index (Phi) is 4.94. The molecule has 0 fully saturated rings. The first-order chi connectivity index (χ1) is 10.1. The molecule has 0 amide bonds. The third kappa shape index (κ3) is 2.92. The van der Waals surface area contributed by atoms with E-state index in [9.17, 15) is 8.76 Å². The molecule has 1 unspecified atom stereocenters. The van der Waals surface area contributed by atoms with Crippen LogP contribution in [0.1, 0.15) is 11.4 Å². The molecule has 0 saturated carbocycles. The standard InChI is InChI=1S/C13H14BrCl2N3O2S/c1-7-12(8(2)18(3)17-7)19(4)22(20,21)13-10(15)5-9(14)6-11(13)16/h5-6H,1-4H3/p+1. The van der Waals surface area contributed by atoms with Gasteiger partial charge in [-0.3, -0.25) is 4.68 Å². The molecule has 2 aromatic rings. The molecule has 0 aliphatic rings. The fourth-order valence-electron chi connectivity index (χ4n) is 2.26. The van der Waals surface area contributed by atoms with Crippen molar-refractivity contribution in [2.24, 2.45) is 7.05 Å². The highest BCUT2D eigenvalue weighted by atomic mass is 79.9. The summed E-state index contributed by atoms with van der Waals surface area (Å²) in [7, 11) is -0.358. The van der Waals surface area contributed by atoms with Crippen LogP contribution in [0.3, 0.4) is 0 Å². The van der Waals surface area contributed by atoms with Gasteiger partial charge in [-0.05, 0) is 30.2 Å². The van der Waals surface area contributed by atoms with Gasteiger partial charge in [0.1, 0.15) is 15.7 Å². The minimum atomic E-state index is -3.66. The molecule has 1 heterocycles. The Bertz CT molecular complexity index is 771. The van der Waals surface area contributed by atoms with Gasteiger partial charge in [-0.2, -0.15) is 14.0 Å². The molecule has 0 aliphatic heterocycles. The second-order valence-corrected chi connectivity index (χ2v) is 8.51. The van der Waals surface area contributed by atoms with Gasteiger partial charge in [0, 0.05) is 11.5 Å². The van der Waals surface area contributed by atoms with Crippen LogP contribution in [0, 0.1) is 13.8 Å². The zero-order valence-electron chi connectivity index (χ0n) is 12.4. The van der Waals surface area contributed by atoms with Crippen LogP contribution in [0.5, 0.6) is 0 Å². The lowest BCUT2D eigenvalue weighted by Gasteiger charge is -2.19. The zero-order chi connectivity index (χ0) is 16.8. The highest BCUT2D eigenvalue weighted by molar-refractivity contribution is 9.10. The number of aromatic nitrogens is 2. The van der Waals surface area contributed by atoms with Crippen molar-refractivity contribution in [1.29, 1.82) is 0 Å². The molecular weight excluding hydrogens is 413 g/mol. The van der Waals surface area contributed by atoms with Gasteiger partial charge in [0.25, 0.3) is 4.90 Å². The molecule has 0 radical (unpaired) electrons. The van der Waals surface area contributed by atoms with Crippen molar-refractivity contribution in [3.63, 3.8) is 0 Å². The molecule has 1 aromatic carbocycles. The Labute approximate surface area is 148 Å². The van der Waals surface area contributed by atoms with Gasteiger partial charge in [-0.15, -0.1) is 0 Å². The minimum absolute atomic E-state index is 0.0100. The van der Waals surface area contributed by atoms with E-state index in [0.717, 1.165) is 5.69 Å². The third-order valence-electron chi connectivity index (χ3n) is 3.39. The SMILES string of the molecule is Cc1nn(C)c(C)c1N(C)[S+](=O)(O)c1c(Cl)cc(Br)cc1Cl. The number of aryl methyl sites for hydroxylation is 2. The predicted molar refractivity (Wildman–Crippen MR) is 94.2 cm³/mol. The highest BCUT2D eigenvalue weighted by Gasteiger charge is 2.42. The van der Waals surface area contributed by atoms with E-state index in [1.54, 1.807) is 18.7 Å². The van der Waals surface area contributed by atoms with Crippen LogP contribution in [0.25, 0.3) is 0 Å². The number of halogens is 3. The molecule has 0 aliphatic carbocycles. The Balaban J connectivity index is 2.62. The highest BCUT2D eigenvalue weighted by Crippen LogP contribution is 2.39. The Morgan fingerprint density at radius 3 is 2.23 bits per heavy atom. The van der Waals surface area contributed by atoms with Gasteiger partial charge in [0.15, 0.2) is 0 Å². The molecule has 0 spiro atoms. The fourth-order valence-corrected chi connectivity index (χ4v) is 5.48. The fraction of sp³-hybridized carbons (Fsp3) is 0.308. The van der Waals surface area contributed by atoms with Crippen LogP contribution >= 0.6 is 39.1 Å². The first-order valence-corrected chi connectivity index (χ1v) is 9.24. The van der Waals surface area contributed by atoms with Crippen molar-refractivity contribution in [1.82, 2.24) is 9.78 Å². The number of anilines is 1. The van der Waals surface area contributed by atoms with Crippen LogP contribution in [0.2, 0.25) is 10.0 Å². The van der Waals surface area contributed by atoms with Crippen LogP contribution in [-0.4, -0.2) is 21.4 Å². The van der Waals surface area contributed by atoms with Crippen LogP contribution in [0.4, 0.5) is 5.69 Å². The number of hydrogen-bond acceptors (Lipinski definition) is 2. The maximum Gasteiger partial charge on any atom is 0.351 e. The second kappa shape index (κ2) is 6.13. The van der Waals surface area contributed by atoms with E-state index in [1.807, 2.05) is 6.92 Å². The molecular formula is C13H15BrCl2N3O2S+. The smallest absolute Gasteiger partial charge is 0.270 e. The molecule has 9 heteroatoms. The van der Waals surface area contributed by atoms with Gasteiger partial charge >= 0.3 is 10.4 Å². The monoisotopic (exact) mass is 426 g/mol. The quantitative estimate of drug-likeness (QED) is 0.734. The summed E-state index contributed by atoms with van der Waals surface area (Å²) < 4.78 is 27.2. The lowest BCUT2D eigenvalue weighted by molar-refractivity contribution is 0.495. The first-order valence-electron chi connectivity index (χ1n) is 6.22. The minimum Gasteiger partial charge on any atom is -0.270 e. The predicted octanol–water partition coefficient (Wildman–Crippen LogP) is 4.49. The summed E-state index contributed by atoms with van der Waals surface area (Å²) in [5.74, 6) is 0. The van der Waals surface area contributed by atoms with Gasteiger partial charge in [0.05, 0.1) is 18.4 Å². The van der Waals surface area contributed by atoms with E-state index in [4.69, 9.17) is 23.2 Å². The molecule has 120 valence electrons. The molecule has 2 rings (SSSR count). The summed E-state index contributed by atoms with van der Waals surface area (Å²) in [5.41, 5.74) is 1.99. The second-order valence-electron chi connectivity index (χ2n) is 4.84. The number of benzene rings is 1. The Hall–Kier alpha value is -0.600. The molecule has 1 aromatic heterocycles. The maximum atomic E-state index is 13.0. The molecule has 0 saturated heterocycles. The average Bonchev–Trinajstić information content (AvgIpc) is 2.60. The van der Waals surface area contributed by atoms with Crippen LogP contribution < -0.4 is 4.31 Å². The number of rotatable bonds is 3. The molecule has 0 bridgehead atoms. The average molecular weight is 428 g/mol. The lowest BCUT2D eigenvalue weighted by Crippen LogP contribution is -2.33. The molecule has 1 N–H and O–H groups in total. The van der Waals surface area contributed by atoms with E-state index in [0.29, 0.717) is 15.9 Å². The van der Waals surface area contributed by atoms with Crippen molar-refractivity contribution in [3.8, 4) is 0 Å². The number of hydrogen-bond donors (Lipinski definition) is 1. The van der Waals surface area contributed by atoms with Crippen molar-refractivity contribution in [3.05, 3.63) is 38.0 Å². The van der Waals surface area contributed by atoms with E-state index >= 15 is 0 Å². The van der Waals surface area contributed by atoms with Crippen molar-refractivity contribution >= 4 is 55.2 Å². The normalized spacial score (nSPS) is 14.0. The number of nitrogens with zero attached hydrogens (tertiary/aromatic N) is 3. The van der Waals surface area contributed by atoms with Crippen molar-refractivity contribution < 1.29 is 8.76 Å². The zero-order valence-corrected chi connectivity index (χ0v) is 16.3. The van der Waals surface area contributed by atoms with Crippen molar-refractivity contribution in [2.75, 3.05) is 11.4 Å². The molecule has 22 heavy (non-hydrogen) atoms. The van der Waals surface area contributed by atoms with E-state index < -0.39 is 10.4 Å². The van der Waals surface area contributed by atoms with Crippen LogP contribution in [0.15, 0.2) is 21.5 Å². The van der Waals surface area contributed by atoms with Gasteiger partial charge in [0.2, 0.25) is 0 Å². The van der Waals surface area contributed by atoms with E-state index in [1.165, 1.54) is 23.5 Å². The lowest BCUT2D eigenvalue weighted by atomic mass is 10.3. The summed E-state index contributed by atoms with van der Waals surface area (Å²) in [4.78, 5) is -0.0100. The van der Waals surface area contributed by atoms with Gasteiger partial charge in [-0.25, -0.2) is 0 Å².